The number of ether oxygens (including phenoxy) is 1. The predicted molar refractivity (Wildman–Crippen MR) is 175 cm³/mol. The summed E-state index contributed by atoms with van der Waals surface area (Å²) < 4.78 is 44.4. The van der Waals surface area contributed by atoms with Crippen molar-refractivity contribution in [3.63, 3.8) is 0 Å². The number of alkyl halides is 2. The van der Waals surface area contributed by atoms with Gasteiger partial charge in [-0.3, -0.25) is 15.0 Å². The Labute approximate surface area is 268 Å². The first-order valence-corrected chi connectivity index (χ1v) is 15.9. The quantitative estimate of drug-likeness (QED) is 0.200. The summed E-state index contributed by atoms with van der Waals surface area (Å²) in [5.74, 6) is -0.928. The molecule has 1 saturated heterocycles. The molecular weight excluding hydrogens is 577 g/mol. The molecule has 1 fully saturated rings. The van der Waals surface area contributed by atoms with Gasteiger partial charge in [-0.15, -0.1) is 0 Å². The van der Waals surface area contributed by atoms with Crippen LogP contribution in [0.2, 0.25) is 6.32 Å². The number of nitrogens with one attached hydrogen (secondary N) is 1. The normalized spacial score (nSPS) is 16.5. The van der Waals surface area contributed by atoms with Crippen LogP contribution in [0.1, 0.15) is 118 Å². The molecule has 2 aromatic carbocycles. The smallest absolute Gasteiger partial charge is 0.434 e. The van der Waals surface area contributed by atoms with Gasteiger partial charge in [0.2, 0.25) is 0 Å². The first kappa shape index (κ1) is 36.5. The van der Waals surface area contributed by atoms with Gasteiger partial charge in [0.1, 0.15) is 5.75 Å². The Morgan fingerprint density at radius 1 is 1.00 bits per heavy atom. The second-order valence-electron chi connectivity index (χ2n) is 14.3. The number of hydrogen-bond donors (Lipinski definition) is 1. The molecule has 0 radical (unpaired) electrons. The Kier molecular flexibility index (Phi) is 11.5. The molecule has 0 bridgehead atoms. The van der Waals surface area contributed by atoms with E-state index in [1.165, 1.54) is 5.01 Å². The Hall–Kier alpha value is -2.98. The molecular formula is C35H51BF2N2O5. The molecule has 1 heterocycles. The lowest BCUT2D eigenvalue weighted by molar-refractivity contribution is -0.0509. The van der Waals surface area contributed by atoms with Gasteiger partial charge in [0, 0.05) is 16.7 Å². The highest BCUT2D eigenvalue weighted by Crippen LogP contribution is 2.38. The number of hydrogen-bond acceptors (Lipinski definition) is 5. The minimum Gasteiger partial charge on any atom is -0.434 e. The fourth-order valence-corrected chi connectivity index (χ4v) is 5.89. The Morgan fingerprint density at radius 2 is 1.58 bits per heavy atom. The first-order chi connectivity index (χ1) is 20.8. The Morgan fingerprint density at radius 3 is 2.09 bits per heavy atom. The average Bonchev–Trinajstić information content (AvgIpc) is 3.11. The van der Waals surface area contributed by atoms with Gasteiger partial charge >= 0.3 is 13.7 Å². The van der Waals surface area contributed by atoms with E-state index in [1.807, 2.05) is 75.3 Å². The van der Waals surface area contributed by atoms with Gasteiger partial charge in [0.05, 0.1) is 17.2 Å². The van der Waals surface area contributed by atoms with E-state index in [0.29, 0.717) is 36.7 Å². The van der Waals surface area contributed by atoms with Gasteiger partial charge in [-0.05, 0) is 96.8 Å². The zero-order valence-corrected chi connectivity index (χ0v) is 28.9. The summed E-state index contributed by atoms with van der Waals surface area (Å²) in [7, 11) is -0.403. The maximum absolute atomic E-state index is 14.0. The summed E-state index contributed by atoms with van der Waals surface area (Å²) in [4.78, 5) is 27.9. The Bertz CT molecular complexity index is 1340. The summed E-state index contributed by atoms with van der Waals surface area (Å²) in [5, 5.41) is 1.42. The van der Waals surface area contributed by atoms with Crippen molar-refractivity contribution in [1.82, 2.24) is 10.4 Å². The maximum Gasteiger partial charge on any atom is 0.457 e. The molecule has 10 heteroatoms. The fraction of sp³-hybridized carbons (Fsp3) is 0.600. The molecule has 2 aromatic rings. The summed E-state index contributed by atoms with van der Waals surface area (Å²) in [5.41, 5.74) is 4.93. The fourth-order valence-electron chi connectivity index (χ4n) is 5.89. The number of amides is 2. The van der Waals surface area contributed by atoms with Crippen molar-refractivity contribution in [3.8, 4) is 5.75 Å². The highest BCUT2D eigenvalue weighted by molar-refractivity contribution is 6.45. The number of halogens is 2. The van der Waals surface area contributed by atoms with E-state index < -0.39 is 30.8 Å². The van der Waals surface area contributed by atoms with Gasteiger partial charge in [0.25, 0.3) is 11.8 Å². The molecule has 1 aliphatic rings. The van der Waals surface area contributed by atoms with Crippen LogP contribution in [0, 0.1) is 26.2 Å². The third-order valence-corrected chi connectivity index (χ3v) is 8.91. The SMILES string of the molecule is CCCC(N(NC(=O)c1ccc(CCCB2OC(C)(C)C(C)(C)O2)c(OC(F)F)c1C)C(=O)c1cc(C)cc(C)c1)C(C)(C)C. The van der Waals surface area contributed by atoms with Crippen molar-refractivity contribution < 1.29 is 32.4 Å². The van der Waals surface area contributed by atoms with E-state index in [-0.39, 0.29) is 34.2 Å². The summed E-state index contributed by atoms with van der Waals surface area (Å²) in [6.07, 6.45) is 3.04. The molecule has 1 aliphatic heterocycles. The van der Waals surface area contributed by atoms with Crippen LogP contribution in [-0.4, -0.2) is 47.8 Å². The molecule has 1 N–H and O–H groups in total. The molecule has 0 aliphatic carbocycles. The zero-order valence-electron chi connectivity index (χ0n) is 28.9. The monoisotopic (exact) mass is 628 g/mol. The molecule has 0 saturated carbocycles. The summed E-state index contributed by atoms with van der Waals surface area (Å²) >= 11 is 0. The largest absolute Gasteiger partial charge is 0.457 e. The van der Waals surface area contributed by atoms with E-state index in [0.717, 1.165) is 17.5 Å². The molecule has 7 nitrogen and oxygen atoms in total. The van der Waals surface area contributed by atoms with Crippen LogP contribution in [0.4, 0.5) is 8.78 Å². The molecule has 2 amide bonds. The molecule has 1 atom stereocenters. The lowest BCUT2D eigenvalue weighted by Gasteiger charge is -2.40. The van der Waals surface area contributed by atoms with Gasteiger partial charge in [-0.2, -0.15) is 8.78 Å². The number of hydrazine groups is 1. The average molecular weight is 629 g/mol. The lowest BCUT2D eigenvalue weighted by Crippen LogP contribution is -2.56. The molecule has 45 heavy (non-hydrogen) atoms. The van der Waals surface area contributed by atoms with Crippen molar-refractivity contribution in [2.75, 3.05) is 0 Å². The van der Waals surface area contributed by atoms with Crippen LogP contribution in [0.5, 0.6) is 5.75 Å². The second kappa shape index (κ2) is 14.2. The molecule has 0 spiro atoms. The van der Waals surface area contributed by atoms with Crippen LogP contribution in [0.25, 0.3) is 0 Å². The Balaban J connectivity index is 1.91. The van der Waals surface area contributed by atoms with Crippen LogP contribution >= 0.6 is 0 Å². The van der Waals surface area contributed by atoms with E-state index >= 15 is 0 Å². The van der Waals surface area contributed by atoms with Gasteiger partial charge in [-0.25, -0.2) is 5.01 Å². The van der Waals surface area contributed by atoms with Crippen molar-refractivity contribution in [2.24, 2.45) is 5.41 Å². The zero-order chi connectivity index (χ0) is 33.9. The number of carbonyl (C=O) groups is 2. The maximum atomic E-state index is 14.0. The van der Waals surface area contributed by atoms with E-state index in [1.54, 1.807) is 31.2 Å². The predicted octanol–water partition coefficient (Wildman–Crippen LogP) is 8.24. The van der Waals surface area contributed by atoms with E-state index in [2.05, 4.69) is 5.43 Å². The third kappa shape index (κ3) is 8.85. The summed E-state index contributed by atoms with van der Waals surface area (Å²) in [6, 6.07) is 8.52. The van der Waals surface area contributed by atoms with Crippen LogP contribution < -0.4 is 10.2 Å². The van der Waals surface area contributed by atoms with Crippen molar-refractivity contribution in [1.29, 1.82) is 0 Å². The number of benzene rings is 2. The number of carbonyl (C=O) groups excluding carboxylic acids is 2. The molecule has 3 rings (SSSR count). The minimum atomic E-state index is -3.07. The summed E-state index contributed by atoms with van der Waals surface area (Å²) in [6.45, 7) is 18.4. The first-order valence-electron chi connectivity index (χ1n) is 15.9. The van der Waals surface area contributed by atoms with Crippen molar-refractivity contribution in [2.45, 2.75) is 132 Å². The van der Waals surface area contributed by atoms with Crippen molar-refractivity contribution >= 4 is 18.9 Å². The molecule has 248 valence electrons. The van der Waals surface area contributed by atoms with Gasteiger partial charge < -0.3 is 14.0 Å². The number of nitrogens with zero attached hydrogens (tertiary/aromatic N) is 1. The van der Waals surface area contributed by atoms with Crippen LogP contribution in [0.3, 0.4) is 0 Å². The van der Waals surface area contributed by atoms with E-state index in [4.69, 9.17) is 14.0 Å². The van der Waals surface area contributed by atoms with Gasteiger partial charge in [0.15, 0.2) is 0 Å². The number of aryl methyl sites for hydroxylation is 3. The topological polar surface area (TPSA) is 77.1 Å². The minimum absolute atomic E-state index is 0.0281. The standard InChI is InChI=1S/C35H51BF2N2O5/c1-12-14-28(33(5,6)7)40(31(42)26-20-22(2)19-23(3)21-26)39-30(41)27-17-16-25(29(24(27)4)43-32(37)38)15-13-18-36-44-34(8,9)35(10,11)45-36/h16-17,19-21,28,32H,12-15,18H2,1-11H3,(H,39,41). The van der Waals surface area contributed by atoms with Crippen molar-refractivity contribution in [3.05, 3.63) is 63.7 Å². The van der Waals surface area contributed by atoms with Gasteiger partial charge in [-0.1, -0.05) is 63.8 Å². The molecule has 0 aromatic heterocycles. The molecule has 1 unspecified atom stereocenters. The third-order valence-electron chi connectivity index (χ3n) is 8.91. The van der Waals surface area contributed by atoms with E-state index in [9.17, 15) is 18.4 Å². The second-order valence-corrected chi connectivity index (χ2v) is 14.3. The highest BCUT2D eigenvalue weighted by atomic mass is 19.3. The lowest BCUT2D eigenvalue weighted by atomic mass is 9.81. The highest BCUT2D eigenvalue weighted by Gasteiger charge is 2.50. The van der Waals surface area contributed by atoms with Crippen LogP contribution in [-0.2, 0) is 15.7 Å². The van der Waals surface area contributed by atoms with Crippen LogP contribution in [0.15, 0.2) is 30.3 Å². The number of rotatable bonds is 11.